The molecule has 3 heterocycles. The van der Waals surface area contributed by atoms with Gasteiger partial charge in [-0.15, -0.1) is 0 Å². The Morgan fingerprint density at radius 3 is 2.71 bits per heavy atom. The molecule has 1 saturated heterocycles. The van der Waals surface area contributed by atoms with Gasteiger partial charge in [0.25, 0.3) is 5.91 Å². The number of para-hydroxylation sites is 3. The highest BCUT2D eigenvalue weighted by Gasteiger charge is 2.51. The molecule has 5 rings (SSSR count). The number of hydrogen-bond donors (Lipinski definition) is 2. The molecule has 34 heavy (non-hydrogen) atoms. The summed E-state index contributed by atoms with van der Waals surface area (Å²) in [6, 6.07) is 13.6. The number of rotatable bonds is 5. The quantitative estimate of drug-likeness (QED) is 0.597. The average molecular weight is 465 g/mol. The predicted octanol–water partition coefficient (Wildman–Crippen LogP) is 2.40. The van der Waals surface area contributed by atoms with E-state index < -0.39 is 17.7 Å². The Morgan fingerprint density at radius 2 is 1.91 bits per heavy atom. The molecule has 2 unspecified atom stereocenters. The van der Waals surface area contributed by atoms with E-state index in [0.717, 1.165) is 5.39 Å². The second-order valence-corrected chi connectivity index (χ2v) is 8.75. The molecule has 9 heteroatoms. The molecule has 2 aromatic carbocycles. The van der Waals surface area contributed by atoms with Crippen LogP contribution in [-0.2, 0) is 20.9 Å². The van der Waals surface area contributed by atoms with Crippen molar-refractivity contribution in [2.24, 2.45) is 0 Å². The smallest absolute Gasteiger partial charge is 0.254 e. The predicted molar refractivity (Wildman–Crippen MR) is 126 cm³/mol. The molecule has 2 N–H and O–H groups in total. The number of likely N-dealkylation sites (N-methyl/N-ethyl adjacent to an activating group) is 1. The molecule has 178 valence electrons. The first kappa shape index (κ1) is 22.4. The van der Waals surface area contributed by atoms with Crippen molar-refractivity contribution in [3.05, 3.63) is 54.2 Å². The molecule has 9 nitrogen and oxygen atoms in total. The van der Waals surface area contributed by atoms with Gasteiger partial charge in [0, 0.05) is 18.2 Å². The van der Waals surface area contributed by atoms with Crippen LogP contribution in [0.5, 0.6) is 5.75 Å². The molecule has 2 atom stereocenters. The zero-order valence-electron chi connectivity index (χ0n) is 19.2. The van der Waals surface area contributed by atoms with Gasteiger partial charge in [-0.3, -0.25) is 9.59 Å². The van der Waals surface area contributed by atoms with E-state index in [4.69, 9.17) is 14.0 Å². The number of anilines is 1. The molecular formula is C25H28N4O5. The van der Waals surface area contributed by atoms with Gasteiger partial charge in [0.2, 0.25) is 5.91 Å². The van der Waals surface area contributed by atoms with Crippen molar-refractivity contribution in [1.29, 1.82) is 0 Å². The van der Waals surface area contributed by atoms with E-state index in [0.29, 0.717) is 48.8 Å². The molecule has 2 aliphatic heterocycles. The van der Waals surface area contributed by atoms with Crippen molar-refractivity contribution >= 4 is 28.5 Å². The summed E-state index contributed by atoms with van der Waals surface area (Å²) in [4.78, 5) is 28.8. The monoisotopic (exact) mass is 464 g/mol. The van der Waals surface area contributed by atoms with Crippen LogP contribution < -0.4 is 20.3 Å². The summed E-state index contributed by atoms with van der Waals surface area (Å²) in [7, 11) is 1.71. The first-order valence-corrected chi connectivity index (χ1v) is 11.5. The normalized spacial score (nSPS) is 20.5. The number of nitrogens with one attached hydrogen (secondary N) is 2. The van der Waals surface area contributed by atoms with Crippen LogP contribution in [0.3, 0.4) is 0 Å². The molecule has 0 radical (unpaired) electrons. The number of nitrogens with zero attached hydrogens (tertiary/aromatic N) is 2. The van der Waals surface area contributed by atoms with Gasteiger partial charge in [-0.2, -0.15) is 0 Å². The van der Waals surface area contributed by atoms with Crippen molar-refractivity contribution in [3.63, 3.8) is 0 Å². The fourth-order valence-electron chi connectivity index (χ4n) is 4.61. The summed E-state index contributed by atoms with van der Waals surface area (Å²) in [5.41, 5.74) is 0.993. The molecule has 1 fully saturated rings. The molecule has 0 bridgehead atoms. The summed E-state index contributed by atoms with van der Waals surface area (Å²) >= 11 is 0. The van der Waals surface area contributed by atoms with E-state index in [9.17, 15) is 9.59 Å². The number of carbonyl (C=O) groups excluding carboxylic acids is 2. The van der Waals surface area contributed by atoms with Crippen molar-refractivity contribution in [1.82, 2.24) is 15.8 Å². The second kappa shape index (κ2) is 9.08. The molecule has 2 aliphatic rings. The number of benzene rings is 2. The summed E-state index contributed by atoms with van der Waals surface area (Å²) in [5.74, 6) is 0.0626. The van der Waals surface area contributed by atoms with Crippen LogP contribution in [-0.4, -0.2) is 54.9 Å². The lowest BCUT2D eigenvalue weighted by Crippen LogP contribution is -2.65. The largest absolute Gasteiger partial charge is 0.482 e. The van der Waals surface area contributed by atoms with E-state index in [1.807, 2.05) is 48.5 Å². The van der Waals surface area contributed by atoms with Crippen LogP contribution in [0.4, 0.5) is 5.69 Å². The van der Waals surface area contributed by atoms with E-state index in [2.05, 4.69) is 15.8 Å². The van der Waals surface area contributed by atoms with Gasteiger partial charge in [-0.05, 0) is 38.2 Å². The lowest BCUT2D eigenvalue weighted by molar-refractivity contribution is -0.138. The van der Waals surface area contributed by atoms with Crippen LogP contribution in [0.15, 0.2) is 53.1 Å². The molecule has 1 aromatic heterocycles. The number of ether oxygens (including phenoxy) is 2. The summed E-state index contributed by atoms with van der Waals surface area (Å²) in [5, 5.41) is 11.0. The minimum Gasteiger partial charge on any atom is -0.482 e. The van der Waals surface area contributed by atoms with Gasteiger partial charge in [-0.25, -0.2) is 0 Å². The third kappa shape index (κ3) is 3.91. The van der Waals surface area contributed by atoms with E-state index in [1.54, 1.807) is 18.9 Å². The highest BCUT2D eigenvalue weighted by Crippen LogP contribution is 2.41. The van der Waals surface area contributed by atoms with Gasteiger partial charge in [0.05, 0.1) is 31.5 Å². The molecule has 0 saturated carbocycles. The van der Waals surface area contributed by atoms with Crippen molar-refractivity contribution in [2.75, 3.05) is 25.2 Å². The van der Waals surface area contributed by atoms with E-state index in [-0.39, 0.29) is 18.4 Å². The van der Waals surface area contributed by atoms with Crippen LogP contribution in [0.25, 0.3) is 11.0 Å². The molecule has 0 aliphatic carbocycles. The first-order valence-electron chi connectivity index (χ1n) is 11.5. The maximum absolute atomic E-state index is 14.2. The number of fused-ring (bicyclic) bond motifs is 2. The Kier molecular flexibility index (Phi) is 5.97. The number of aromatic nitrogens is 1. The van der Waals surface area contributed by atoms with Gasteiger partial charge in [-0.1, -0.05) is 29.4 Å². The van der Waals surface area contributed by atoms with Gasteiger partial charge in [0.1, 0.15) is 23.1 Å². The van der Waals surface area contributed by atoms with E-state index in [1.165, 1.54) is 0 Å². The van der Waals surface area contributed by atoms with Crippen molar-refractivity contribution < 1.29 is 23.6 Å². The summed E-state index contributed by atoms with van der Waals surface area (Å²) < 4.78 is 17.7. The third-order valence-electron chi connectivity index (χ3n) is 6.72. The summed E-state index contributed by atoms with van der Waals surface area (Å²) in [6.45, 7) is 2.81. The molecule has 2 amide bonds. The zero-order chi connectivity index (χ0) is 23.7. The van der Waals surface area contributed by atoms with Crippen molar-refractivity contribution in [3.8, 4) is 5.75 Å². The maximum atomic E-state index is 14.2. The van der Waals surface area contributed by atoms with Crippen molar-refractivity contribution in [2.45, 2.75) is 44.0 Å². The van der Waals surface area contributed by atoms with E-state index >= 15 is 0 Å². The lowest BCUT2D eigenvalue weighted by atomic mass is 9.84. The third-order valence-corrected chi connectivity index (χ3v) is 6.72. The maximum Gasteiger partial charge on any atom is 0.254 e. The van der Waals surface area contributed by atoms with Gasteiger partial charge < -0.3 is 29.5 Å². The number of carbonyl (C=O) groups is 2. The average Bonchev–Trinajstić information content (AvgIpc) is 3.25. The number of hydrogen-bond acceptors (Lipinski definition) is 7. The first-order chi connectivity index (χ1) is 16.5. The SMILES string of the molecule is CNC(C)C(=O)NC1C(=O)N(Cc2noc3ccccc23)c2ccccc2OC12CCOCC2. The Labute approximate surface area is 197 Å². The van der Waals surface area contributed by atoms with Gasteiger partial charge >= 0.3 is 0 Å². The minimum atomic E-state index is -0.921. The Hall–Kier alpha value is -3.43. The second-order valence-electron chi connectivity index (χ2n) is 8.75. The van der Waals surface area contributed by atoms with Crippen LogP contribution in [0.1, 0.15) is 25.5 Å². The summed E-state index contributed by atoms with van der Waals surface area (Å²) in [6.07, 6.45) is 0.958. The molecular weight excluding hydrogens is 436 g/mol. The number of amides is 2. The molecule has 3 aromatic rings. The Morgan fingerprint density at radius 1 is 1.18 bits per heavy atom. The Balaban J connectivity index is 1.59. The van der Waals surface area contributed by atoms with Crippen LogP contribution in [0.2, 0.25) is 0 Å². The van der Waals surface area contributed by atoms with Crippen LogP contribution in [0, 0.1) is 0 Å². The topological polar surface area (TPSA) is 106 Å². The lowest BCUT2D eigenvalue weighted by Gasteiger charge is -2.41. The zero-order valence-corrected chi connectivity index (χ0v) is 19.2. The highest BCUT2D eigenvalue weighted by atomic mass is 16.5. The van der Waals surface area contributed by atoms with Crippen LogP contribution >= 0.6 is 0 Å². The fraction of sp³-hybridized carbons (Fsp3) is 0.400. The Bertz CT molecular complexity index is 1200. The minimum absolute atomic E-state index is 0.177. The standard InChI is InChI=1S/C25H28N4O5/c1-16(26-2)23(30)27-22-24(31)29(15-18-17-7-3-5-9-20(17)34-28-18)19-8-4-6-10-21(19)33-25(22)11-13-32-14-12-25/h3-10,16,22,26H,11-15H2,1-2H3,(H,27,30). The van der Waals surface area contributed by atoms with Gasteiger partial charge in [0.15, 0.2) is 5.58 Å². The fourth-order valence-corrected chi connectivity index (χ4v) is 4.61. The molecule has 1 spiro atoms. The highest BCUT2D eigenvalue weighted by molar-refractivity contribution is 6.02.